The first-order valence-electron chi connectivity index (χ1n) is 7.14. The summed E-state index contributed by atoms with van der Waals surface area (Å²) in [6, 6.07) is 4.50. The van der Waals surface area contributed by atoms with Gasteiger partial charge in [0, 0.05) is 32.8 Å². The number of carbonyl (C=O) groups excluding carboxylic acids is 1. The van der Waals surface area contributed by atoms with Crippen LogP contribution in [0.1, 0.15) is 6.92 Å². The number of sulfonamides is 1. The Morgan fingerprint density at radius 1 is 1.32 bits per heavy atom. The topological polar surface area (TPSA) is 138 Å². The monoisotopic (exact) mass is 373 g/mol. The molecule has 138 valence electrons. The fourth-order valence-electron chi connectivity index (χ4n) is 1.92. The average Bonchev–Trinajstić information content (AvgIpc) is 2.54. The molecule has 0 saturated heterocycles. The summed E-state index contributed by atoms with van der Waals surface area (Å²) in [4.78, 5) is 33.8. The largest absolute Gasteiger partial charge is 0.481 e. The molecule has 0 aliphatic heterocycles. The molecule has 1 unspecified atom stereocenters. The van der Waals surface area contributed by atoms with Gasteiger partial charge in [0.1, 0.15) is 0 Å². The Bertz CT molecular complexity index is 778. The van der Waals surface area contributed by atoms with E-state index in [2.05, 4.69) is 0 Å². The van der Waals surface area contributed by atoms with Crippen LogP contribution in [-0.4, -0.2) is 66.7 Å². The molecule has 0 bridgehead atoms. The zero-order chi connectivity index (χ0) is 19.4. The van der Waals surface area contributed by atoms with Crippen LogP contribution in [0.5, 0.6) is 0 Å². The number of nitro benzene ring substituents is 1. The lowest BCUT2D eigenvalue weighted by molar-refractivity contribution is -0.385. The van der Waals surface area contributed by atoms with Crippen molar-refractivity contribution in [2.24, 2.45) is 5.92 Å². The van der Waals surface area contributed by atoms with Gasteiger partial charge in [0.2, 0.25) is 15.9 Å². The lowest BCUT2D eigenvalue weighted by Crippen LogP contribution is -2.41. The van der Waals surface area contributed by atoms with Gasteiger partial charge in [0.25, 0.3) is 5.69 Å². The number of rotatable bonds is 8. The number of hydrogen-bond acceptors (Lipinski definition) is 6. The number of amides is 1. The predicted molar refractivity (Wildman–Crippen MR) is 87.3 cm³/mol. The van der Waals surface area contributed by atoms with E-state index in [4.69, 9.17) is 5.11 Å². The van der Waals surface area contributed by atoms with Crippen LogP contribution >= 0.6 is 0 Å². The third-order valence-electron chi connectivity index (χ3n) is 3.49. The van der Waals surface area contributed by atoms with E-state index in [1.807, 2.05) is 0 Å². The first-order chi connectivity index (χ1) is 11.5. The van der Waals surface area contributed by atoms with E-state index in [0.29, 0.717) is 0 Å². The van der Waals surface area contributed by atoms with Gasteiger partial charge in [-0.25, -0.2) is 8.42 Å². The molecule has 11 heteroatoms. The molecule has 0 aliphatic carbocycles. The van der Waals surface area contributed by atoms with E-state index in [9.17, 15) is 28.1 Å². The number of nitro groups is 1. The van der Waals surface area contributed by atoms with Crippen molar-refractivity contribution < 1.29 is 28.0 Å². The van der Waals surface area contributed by atoms with Crippen LogP contribution in [0.3, 0.4) is 0 Å². The van der Waals surface area contributed by atoms with Crippen molar-refractivity contribution in [1.29, 1.82) is 0 Å². The van der Waals surface area contributed by atoms with Crippen LogP contribution < -0.4 is 0 Å². The number of hydrogen-bond donors (Lipinski definition) is 1. The van der Waals surface area contributed by atoms with E-state index in [-0.39, 0.29) is 17.1 Å². The smallest absolute Gasteiger partial charge is 0.308 e. The first kappa shape index (κ1) is 20.5. The summed E-state index contributed by atoms with van der Waals surface area (Å²) < 4.78 is 25.6. The van der Waals surface area contributed by atoms with Crippen LogP contribution in [0.4, 0.5) is 5.69 Å². The summed E-state index contributed by atoms with van der Waals surface area (Å²) in [7, 11) is -1.57. The number of non-ortho nitro benzene ring substituents is 1. The second kappa shape index (κ2) is 8.03. The van der Waals surface area contributed by atoms with Gasteiger partial charge in [-0.1, -0.05) is 13.0 Å². The van der Waals surface area contributed by atoms with Gasteiger partial charge in [-0.05, 0) is 6.07 Å². The Hall–Kier alpha value is -2.53. The third kappa shape index (κ3) is 5.22. The molecular formula is C14H19N3O7S. The van der Waals surface area contributed by atoms with Gasteiger partial charge >= 0.3 is 5.97 Å². The Kier molecular flexibility index (Phi) is 6.59. The molecule has 1 amide bonds. The van der Waals surface area contributed by atoms with E-state index >= 15 is 0 Å². The summed E-state index contributed by atoms with van der Waals surface area (Å²) >= 11 is 0. The molecule has 1 atom stereocenters. The molecular weight excluding hydrogens is 354 g/mol. The molecule has 25 heavy (non-hydrogen) atoms. The van der Waals surface area contributed by atoms with Crippen molar-refractivity contribution in [3.05, 3.63) is 34.4 Å². The molecule has 1 aromatic rings. The highest BCUT2D eigenvalue weighted by molar-refractivity contribution is 7.89. The van der Waals surface area contributed by atoms with Crippen molar-refractivity contribution >= 4 is 27.6 Å². The molecule has 1 aromatic carbocycles. The minimum atomic E-state index is -4.10. The zero-order valence-electron chi connectivity index (χ0n) is 13.9. The maximum atomic E-state index is 12.4. The number of nitrogens with zero attached hydrogens (tertiary/aromatic N) is 3. The number of carboxylic acid groups (broad SMARTS) is 1. The van der Waals surface area contributed by atoms with E-state index in [1.54, 1.807) is 0 Å². The molecule has 0 aromatic heterocycles. The van der Waals surface area contributed by atoms with E-state index in [1.165, 1.54) is 33.2 Å². The number of carbonyl (C=O) groups is 2. The summed E-state index contributed by atoms with van der Waals surface area (Å²) in [5.41, 5.74) is -0.381. The average molecular weight is 373 g/mol. The van der Waals surface area contributed by atoms with Crippen LogP contribution in [-0.2, 0) is 19.6 Å². The van der Waals surface area contributed by atoms with Gasteiger partial charge < -0.3 is 10.0 Å². The van der Waals surface area contributed by atoms with Crippen molar-refractivity contribution in [3.63, 3.8) is 0 Å². The summed E-state index contributed by atoms with van der Waals surface area (Å²) in [6.45, 7) is 0.836. The standard InChI is InChI=1S/C14H19N3O7S/c1-10(14(19)20)8-15(2)13(18)9-16(3)25(23,24)12-6-4-5-11(7-12)17(21)22/h4-7,10H,8-9H2,1-3H3,(H,19,20). The highest BCUT2D eigenvalue weighted by atomic mass is 32.2. The fraction of sp³-hybridized carbons (Fsp3) is 0.429. The van der Waals surface area contributed by atoms with Crippen molar-refractivity contribution in [2.75, 3.05) is 27.2 Å². The Balaban J connectivity index is 2.89. The number of carboxylic acids is 1. The molecule has 0 spiro atoms. The molecule has 1 rings (SSSR count). The van der Waals surface area contributed by atoms with Gasteiger partial charge in [-0.2, -0.15) is 4.31 Å². The molecule has 1 N–H and O–H groups in total. The molecule has 0 fully saturated rings. The van der Waals surface area contributed by atoms with Crippen LogP contribution in [0.2, 0.25) is 0 Å². The van der Waals surface area contributed by atoms with Gasteiger partial charge in [-0.15, -0.1) is 0 Å². The Morgan fingerprint density at radius 2 is 1.92 bits per heavy atom. The number of benzene rings is 1. The second-order valence-corrected chi connectivity index (χ2v) is 7.57. The lowest BCUT2D eigenvalue weighted by Gasteiger charge is -2.23. The third-order valence-corrected chi connectivity index (χ3v) is 5.29. The van der Waals surface area contributed by atoms with E-state index in [0.717, 1.165) is 21.3 Å². The van der Waals surface area contributed by atoms with Crippen molar-refractivity contribution in [3.8, 4) is 0 Å². The molecule has 0 aliphatic rings. The van der Waals surface area contributed by atoms with Crippen LogP contribution in [0.25, 0.3) is 0 Å². The van der Waals surface area contributed by atoms with Crippen LogP contribution in [0.15, 0.2) is 29.2 Å². The van der Waals surface area contributed by atoms with Crippen LogP contribution in [0, 0.1) is 16.0 Å². The number of aliphatic carboxylic acids is 1. The summed E-state index contributed by atoms with van der Waals surface area (Å²) in [5.74, 6) is -2.46. The minimum absolute atomic E-state index is 0.0706. The minimum Gasteiger partial charge on any atom is -0.481 e. The Morgan fingerprint density at radius 3 is 2.44 bits per heavy atom. The lowest BCUT2D eigenvalue weighted by atomic mass is 10.2. The summed E-state index contributed by atoms with van der Waals surface area (Å²) in [5, 5.41) is 19.6. The maximum Gasteiger partial charge on any atom is 0.308 e. The summed E-state index contributed by atoms with van der Waals surface area (Å²) in [6.07, 6.45) is 0. The normalized spacial score (nSPS) is 12.6. The molecule has 0 heterocycles. The first-order valence-corrected chi connectivity index (χ1v) is 8.58. The van der Waals surface area contributed by atoms with Crippen molar-refractivity contribution in [1.82, 2.24) is 9.21 Å². The SMILES string of the molecule is CC(CN(C)C(=O)CN(C)S(=O)(=O)c1cccc([N+](=O)[O-])c1)C(=O)O. The van der Waals surface area contributed by atoms with Gasteiger partial charge in [0.15, 0.2) is 0 Å². The van der Waals surface area contributed by atoms with Gasteiger partial charge in [-0.3, -0.25) is 19.7 Å². The molecule has 0 saturated carbocycles. The molecule has 10 nitrogen and oxygen atoms in total. The second-order valence-electron chi connectivity index (χ2n) is 5.53. The fourth-order valence-corrected chi connectivity index (χ4v) is 3.08. The maximum absolute atomic E-state index is 12.4. The molecule has 0 radical (unpaired) electrons. The predicted octanol–water partition coefficient (Wildman–Crippen LogP) is 0.394. The zero-order valence-corrected chi connectivity index (χ0v) is 14.8. The van der Waals surface area contributed by atoms with E-state index < -0.39 is 39.3 Å². The number of likely N-dealkylation sites (N-methyl/N-ethyl adjacent to an activating group) is 2. The van der Waals surface area contributed by atoms with Gasteiger partial charge in [0.05, 0.1) is 22.3 Å². The highest BCUT2D eigenvalue weighted by Crippen LogP contribution is 2.20. The van der Waals surface area contributed by atoms with Crippen molar-refractivity contribution in [2.45, 2.75) is 11.8 Å². The Labute approximate surface area is 144 Å². The quantitative estimate of drug-likeness (QED) is 0.514. The highest BCUT2D eigenvalue weighted by Gasteiger charge is 2.26.